The summed E-state index contributed by atoms with van der Waals surface area (Å²) in [5.41, 5.74) is 2.79. The van der Waals surface area contributed by atoms with Gasteiger partial charge in [-0.2, -0.15) is 0 Å². The molecule has 1 N–H and O–H groups in total. The Hall–Kier alpha value is -3.28. The molecule has 0 aliphatic heterocycles. The number of hydrogen-bond acceptors (Lipinski definition) is 3. The number of aromatic nitrogens is 2. The molecule has 0 aliphatic carbocycles. The van der Waals surface area contributed by atoms with E-state index < -0.39 is 0 Å². The van der Waals surface area contributed by atoms with Crippen molar-refractivity contribution in [3.8, 4) is 11.4 Å². The second-order valence-corrected chi connectivity index (χ2v) is 7.20. The lowest BCUT2D eigenvalue weighted by atomic mass is 10.1. The molecule has 0 spiro atoms. The van der Waals surface area contributed by atoms with Crippen molar-refractivity contribution in [3.05, 3.63) is 82.0 Å². The maximum absolute atomic E-state index is 13.3. The number of rotatable bonds is 8. The molecule has 3 rings (SSSR count). The molecule has 0 saturated carbocycles. The van der Waals surface area contributed by atoms with Crippen LogP contribution in [0.25, 0.3) is 11.4 Å². The Kier molecular flexibility index (Phi) is 7.12. The van der Waals surface area contributed by atoms with E-state index in [0.717, 1.165) is 19.3 Å². The SMILES string of the molecule is CCCCc1ccc(NC(=O)Cn2c(-c3ccc(F)cc3)nc(CC)cc2=O)cc1. The predicted octanol–water partition coefficient (Wildman–Crippen LogP) is 4.59. The van der Waals surface area contributed by atoms with Gasteiger partial charge in [-0.15, -0.1) is 0 Å². The van der Waals surface area contributed by atoms with Gasteiger partial charge in [0.15, 0.2) is 0 Å². The highest BCUT2D eigenvalue weighted by Crippen LogP contribution is 2.18. The zero-order valence-corrected chi connectivity index (χ0v) is 17.3. The van der Waals surface area contributed by atoms with E-state index >= 15 is 0 Å². The van der Waals surface area contributed by atoms with E-state index in [1.165, 1.54) is 28.3 Å². The van der Waals surface area contributed by atoms with Gasteiger partial charge in [-0.1, -0.05) is 32.4 Å². The van der Waals surface area contributed by atoms with Gasteiger partial charge in [0.25, 0.3) is 5.56 Å². The van der Waals surface area contributed by atoms with Crippen LogP contribution in [0.3, 0.4) is 0 Å². The molecule has 0 fully saturated rings. The van der Waals surface area contributed by atoms with E-state index in [1.54, 1.807) is 12.1 Å². The van der Waals surface area contributed by atoms with Crippen LogP contribution in [0.15, 0.2) is 59.4 Å². The van der Waals surface area contributed by atoms with Crippen molar-refractivity contribution in [3.63, 3.8) is 0 Å². The first kappa shape index (κ1) is 21.4. The van der Waals surface area contributed by atoms with Gasteiger partial charge in [0.2, 0.25) is 5.91 Å². The molecule has 0 aliphatic rings. The fourth-order valence-electron chi connectivity index (χ4n) is 3.19. The Morgan fingerprint density at radius 2 is 1.77 bits per heavy atom. The smallest absolute Gasteiger partial charge is 0.254 e. The summed E-state index contributed by atoms with van der Waals surface area (Å²) in [6, 6.07) is 14.9. The second-order valence-electron chi connectivity index (χ2n) is 7.20. The molecule has 5 nitrogen and oxygen atoms in total. The molecule has 0 unspecified atom stereocenters. The molecule has 0 radical (unpaired) electrons. The summed E-state index contributed by atoms with van der Waals surface area (Å²) >= 11 is 0. The van der Waals surface area contributed by atoms with E-state index in [-0.39, 0.29) is 23.8 Å². The van der Waals surface area contributed by atoms with Gasteiger partial charge < -0.3 is 5.32 Å². The first-order chi connectivity index (χ1) is 14.5. The number of halogens is 1. The Morgan fingerprint density at radius 3 is 2.40 bits per heavy atom. The van der Waals surface area contributed by atoms with Crippen molar-refractivity contribution in [2.75, 3.05) is 5.32 Å². The van der Waals surface area contributed by atoms with Crippen LogP contribution >= 0.6 is 0 Å². The highest BCUT2D eigenvalue weighted by atomic mass is 19.1. The second kappa shape index (κ2) is 9.96. The molecule has 1 heterocycles. The molecular weight excluding hydrogens is 381 g/mol. The number of unbranched alkanes of at least 4 members (excludes halogenated alkanes) is 1. The summed E-state index contributed by atoms with van der Waals surface area (Å²) in [6.07, 6.45) is 3.85. The summed E-state index contributed by atoms with van der Waals surface area (Å²) in [6.45, 7) is 3.87. The number of amides is 1. The van der Waals surface area contributed by atoms with E-state index in [0.29, 0.717) is 29.2 Å². The Balaban J connectivity index is 1.82. The lowest BCUT2D eigenvalue weighted by molar-refractivity contribution is -0.116. The largest absolute Gasteiger partial charge is 0.325 e. The van der Waals surface area contributed by atoms with Crippen LogP contribution < -0.4 is 10.9 Å². The van der Waals surface area contributed by atoms with Crippen LogP contribution in [-0.2, 0) is 24.2 Å². The Bertz CT molecular complexity index is 1060. The monoisotopic (exact) mass is 407 g/mol. The molecule has 1 amide bonds. The van der Waals surface area contributed by atoms with Gasteiger partial charge in [0.1, 0.15) is 18.2 Å². The minimum Gasteiger partial charge on any atom is -0.325 e. The zero-order valence-electron chi connectivity index (χ0n) is 17.3. The van der Waals surface area contributed by atoms with Crippen LogP contribution in [0.1, 0.15) is 37.9 Å². The standard InChI is InChI=1S/C24H26FN3O2/c1-3-5-6-17-7-13-21(14-8-17)26-22(29)16-28-23(30)15-20(4-2)27-24(28)18-9-11-19(25)12-10-18/h7-15H,3-6,16H2,1-2H3,(H,26,29). The van der Waals surface area contributed by atoms with E-state index in [9.17, 15) is 14.0 Å². The number of hydrogen-bond donors (Lipinski definition) is 1. The average molecular weight is 407 g/mol. The number of nitrogens with zero attached hydrogens (tertiary/aromatic N) is 2. The van der Waals surface area contributed by atoms with Crippen molar-refractivity contribution < 1.29 is 9.18 Å². The van der Waals surface area contributed by atoms with Crippen molar-refractivity contribution in [2.45, 2.75) is 46.1 Å². The third kappa shape index (κ3) is 5.41. The number of anilines is 1. The Morgan fingerprint density at radius 1 is 1.07 bits per heavy atom. The topological polar surface area (TPSA) is 64.0 Å². The molecule has 2 aromatic carbocycles. The Labute approximate surface area is 175 Å². The highest BCUT2D eigenvalue weighted by Gasteiger charge is 2.14. The van der Waals surface area contributed by atoms with Crippen molar-refractivity contribution in [1.29, 1.82) is 0 Å². The fraction of sp³-hybridized carbons (Fsp3) is 0.292. The number of aryl methyl sites for hydroxylation is 2. The molecule has 30 heavy (non-hydrogen) atoms. The molecule has 156 valence electrons. The molecule has 0 atom stereocenters. The summed E-state index contributed by atoms with van der Waals surface area (Å²) in [7, 11) is 0. The van der Waals surface area contributed by atoms with Crippen molar-refractivity contribution >= 4 is 11.6 Å². The van der Waals surface area contributed by atoms with Crippen molar-refractivity contribution in [2.24, 2.45) is 0 Å². The van der Waals surface area contributed by atoms with E-state index in [4.69, 9.17) is 0 Å². The number of benzene rings is 2. The van der Waals surface area contributed by atoms with Gasteiger partial charge in [0, 0.05) is 23.0 Å². The molecule has 0 saturated heterocycles. The van der Waals surface area contributed by atoms with Crippen LogP contribution in [0.5, 0.6) is 0 Å². The predicted molar refractivity (Wildman–Crippen MR) is 117 cm³/mol. The minimum absolute atomic E-state index is 0.180. The molecular formula is C24H26FN3O2. The lowest BCUT2D eigenvalue weighted by Crippen LogP contribution is -2.30. The van der Waals surface area contributed by atoms with Crippen LogP contribution in [0.4, 0.5) is 10.1 Å². The summed E-state index contributed by atoms with van der Waals surface area (Å²) in [5.74, 6) is -0.350. The van der Waals surface area contributed by atoms with Crippen LogP contribution in [0, 0.1) is 5.82 Å². The van der Waals surface area contributed by atoms with Gasteiger partial charge in [-0.3, -0.25) is 14.2 Å². The first-order valence-corrected chi connectivity index (χ1v) is 10.3. The van der Waals surface area contributed by atoms with Crippen LogP contribution in [-0.4, -0.2) is 15.5 Å². The van der Waals surface area contributed by atoms with Gasteiger partial charge >= 0.3 is 0 Å². The quantitative estimate of drug-likeness (QED) is 0.594. The number of carbonyl (C=O) groups excluding carboxylic acids is 1. The normalized spacial score (nSPS) is 10.8. The average Bonchev–Trinajstić information content (AvgIpc) is 2.75. The fourth-order valence-corrected chi connectivity index (χ4v) is 3.19. The first-order valence-electron chi connectivity index (χ1n) is 10.3. The van der Waals surface area contributed by atoms with Gasteiger partial charge in [-0.05, 0) is 61.2 Å². The maximum atomic E-state index is 13.3. The zero-order chi connectivity index (χ0) is 21.5. The highest BCUT2D eigenvalue weighted by molar-refractivity contribution is 5.90. The molecule has 0 bridgehead atoms. The van der Waals surface area contributed by atoms with E-state index in [2.05, 4.69) is 17.2 Å². The number of nitrogens with one attached hydrogen (secondary N) is 1. The molecule has 1 aromatic heterocycles. The summed E-state index contributed by atoms with van der Waals surface area (Å²) in [5, 5.41) is 2.83. The third-order valence-electron chi connectivity index (χ3n) is 4.88. The lowest BCUT2D eigenvalue weighted by Gasteiger charge is -2.14. The van der Waals surface area contributed by atoms with Crippen molar-refractivity contribution in [1.82, 2.24) is 9.55 Å². The van der Waals surface area contributed by atoms with Crippen LogP contribution in [0.2, 0.25) is 0 Å². The minimum atomic E-state index is -0.376. The summed E-state index contributed by atoms with van der Waals surface area (Å²) in [4.78, 5) is 29.8. The molecule has 6 heteroatoms. The van der Waals surface area contributed by atoms with E-state index in [1.807, 2.05) is 31.2 Å². The number of carbonyl (C=O) groups is 1. The van der Waals surface area contributed by atoms with Gasteiger partial charge in [0.05, 0.1) is 0 Å². The third-order valence-corrected chi connectivity index (χ3v) is 4.88. The maximum Gasteiger partial charge on any atom is 0.254 e. The molecule has 3 aromatic rings. The van der Waals surface area contributed by atoms with Gasteiger partial charge in [-0.25, -0.2) is 9.37 Å². The summed E-state index contributed by atoms with van der Waals surface area (Å²) < 4.78 is 14.6.